The molecule has 0 aliphatic carbocycles. The molecule has 0 saturated carbocycles. The van der Waals surface area contributed by atoms with E-state index in [0.717, 1.165) is 31.9 Å². The molecule has 2 heterocycles. The molecule has 0 amide bonds. The summed E-state index contributed by atoms with van der Waals surface area (Å²) < 4.78 is 0. The van der Waals surface area contributed by atoms with E-state index >= 15 is 0 Å². The highest BCUT2D eigenvalue weighted by Crippen LogP contribution is 2.21. The molecule has 1 aromatic rings. The molecule has 0 spiro atoms. The highest BCUT2D eigenvalue weighted by atomic mass is 16.4. The van der Waals surface area contributed by atoms with Crippen molar-refractivity contribution in [2.24, 2.45) is 0 Å². The predicted molar refractivity (Wildman–Crippen MR) is 68.4 cm³/mol. The summed E-state index contributed by atoms with van der Waals surface area (Å²) in [5.74, 6) is -0.822. The highest BCUT2D eigenvalue weighted by molar-refractivity contribution is 5.75. The first-order valence-corrected chi connectivity index (χ1v) is 6.17. The van der Waals surface area contributed by atoms with Gasteiger partial charge in [0.05, 0.1) is 5.69 Å². The molecule has 1 fully saturated rings. The number of pyridine rings is 1. The molecule has 1 aliphatic rings. The van der Waals surface area contributed by atoms with Gasteiger partial charge in [-0.15, -0.1) is 0 Å². The molecule has 1 aromatic heterocycles. The fraction of sp³-hybridized carbons (Fsp3) is 0.538. The first-order valence-electron chi connectivity index (χ1n) is 6.17. The molecule has 18 heavy (non-hydrogen) atoms. The first-order chi connectivity index (χ1) is 8.58. The molecule has 98 valence electrons. The third-order valence-corrected chi connectivity index (χ3v) is 3.33. The van der Waals surface area contributed by atoms with Crippen molar-refractivity contribution >= 4 is 5.97 Å². The predicted octanol–water partition coefficient (Wildman–Crippen LogP) is 0.763. The topological polar surface area (TPSA) is 56.7 Å². The molecule has 1 aliphatic heterocycles. The fourth-order valence-electron chi connectivity index (χ4n) is 2.27. The quantitative estimate of drug-likeness (QED) is 0.857. The van der Waals surface area contributed by atoms with Crippen molar-refractivity contribution in [3.8, 4) is 0 Å². The summed E-state index contributed by atoms with van der Waals surface area (Å²) in [5.41, 5.74) is 1.49. The molecular weight excluding hydrogens is 230 g/mol. The Labute approximate surface area is 107 Å². The van der Waals surface area contributed by atoms with E-state index in [2.05, 4.69) is 16.9 Å². The second kappa shape index (κ2) is 5.46. The van der Waals surface area contributed by atoms with Crippen LogP contribution in [-0.2, 0) is 4.79 Å². The molecule has 1 atom stereocenters. The van der Waals surface area contributed by atoms with Crippen molar-refractivity contribution in [3.05, 3.63) is 29.6 Å². The number of rotatable bonds is 3. The monoisotopic (exact) mass is 249 g/mol. The number of aromatic nitrogens is 1. The van der Waals surface area contributed by atoms with Crippen LogP contribution in [0.4, 0.5) is 0 Å². The Hall–Kier alpha value is -1.46. The molecule has 5 heteroatoms. The van der Waals surface area contributed by atoms with Crippen LogP contribution in [0.1, 0.15) is 17.4 Å². The van der Waals surface area contributed by atoms with Gasteiger partial charge in [0, 0.05) is 31.9 Å². The molecular formula is C13H19N3O2. The Morgan fingerprint density at radius 2 is 2.00 bits per heavy atom. The van der Waals surface area contributed by atoms with Crippen LogP contribution in [0.5, 0.6) is 0 Å². The smallest absolute Gasteiger partial charge is 0.327 e. The maximum atomic E-state index is 11.5. The summed E-state index contributed by atoms with van der Waals surface area (Å²) in [6.45, 7) is 5.21. The average molecular weight is 249 g/mol. The number of aliphatic carboxylic acids is 1. The van der Waals surface area contributed by atoms with E-state index in [1.807, 2.05) is 24.0 Å². The number of carboxylic acid groups (broad SMARTS) is 1. The van der Waals surface area contributed by atoms with Crippen molar-refractivity contribution in [2.45, 2.75) is 13.0 Å². The SMILES string of the molecule is Cc1cccc(C(C(=O)O)N2CCN(C)CC2)n1. The van der Waals surface area contributed by atoms with E-state index in [-0.39, 0.29) is 0 Å². The van der Waals surface area contributed by atoms with Gasteiger partial charge in [-0.2, -0.15) is 0 Å². The minimum absolute atomic E-state index is 0.626. The molecule has 0 aromatic carbocycles. The standard InChI is InChI=1S/C13H19N3O2/c1-10-4-3-5-11(14-10)12(13(17)18)16-8-6-15(2)7-9-16/h3-5,12H,6-9H2,1-2H3,(H,17,18). The molecule has 0 bridgehead atoms. The van der Waals surface area contributed by atoms with Gasteiger partial charge in [0.2, 0.25) is 0 Å². The van der Waals surface area contributed by atoms with E-state index in [1.54, 1.807) is 6.07 Å². The summed E-state index contributed by atoms with van der Waals surface area (Å²) in [4.78, 5) is 20.0. The molecule has 1 N–H and O–H groups in total. The zero-order valence-electron chi connectivity index (χ0n) is 10.8. The minimum Gasteiger partial charge on any atom is -0.480 e. The Kier molecular flexibility index (Phi) is 3.93. The summed E-state index contributed by atoms with van der Waals surface area (Å²) in [7, 11) is 2.05. The van der Waals surface area contributed by atoms with E-state index in [0.29, 0.717) is 5.69 Å². The molecule has 2 rings (SSSR count). The van der Waals surface area contributed by atoms with Gasteiger partial charge in [0.15, 0.2) is 6.04 Å². The number of carboxylic acids is 1. The molecule has 1 unspecified atom stereocenters. The number of carbonyl (C=O) groups is 1. The van der Waals surface area contributed by atoms with E-state index < -0.39 is 12.0 Å². The maximum absolute atomic E-state index is 11.5. The van der Waals surface area contributed by atoms with Crippen LogP contribution in [0.15, 0.2) is 18.2 Å². The number of hydrogen-bond donors (Lipinski definition) is 1. The lowest BCUT2D eigenvalue weighted by Crippen LogP contribution is -2.48. The summed E-state index contributed by atoms with van der Waals surface area (Å²) >= 11 is 0. The summed E-state index contributed by atoms with van der Waals surface area (Å²) in [6.07, 6.45) is 0. The van der Waals surface area contributed by atoms with Crippen LogP contribution >= 0.6 is 0 Å². The summed E-state index contributed by atoms with van der Waals surface area (Å²) in [6, 6.07) is 4.92. The minimum atomic E-state index is -0.822. The van der Waals surface area contributed by atoms with Gasteiger partial charge >= 0.3 is 5.97 Å². The van der Waals surface area contributed by atoms with Crippen molar-refractivity contribution in [2.75, 3.05) is 33.2 Å². The zero-order chi connectivity index (χ0) is 13.1. The van der Waals surface area contributed by atoms with Gasteiger partial charge in [-0.1, -0.05) is 6.07 Å². The number of nitrogens with zero attached hydrogens (tertiary/aromatic N) is 3. The summed E-state index contributed by atoms with van der Waals surface area (Å²) in [5, 5.41) is 9.44. The van der Waals surface area contributed by atoms with Gasteiger partial charge in [0.25, 0.3) is 0 Å². The largest absolute Gasteiger partial charge is 0.480 e. The first kappa shape index (κ1) is 13.0. The molecule has 1 saturated heterocycles. The van der Waals surface area contributed by atoms with Gasteiger partial charge in [0.1, 0.15) is 0 Å². The second-order valence-corrected chi connectivity index (χ2v) is 4.78. The zero-order valence-corrected chi connectivity index (χ0v) is 10.8. The lowest BCUT2D eigenvalue weighted by atomic mass is 10.1. The number of hydrogen-bond acceptors (Lipinski definition) is 4. The van der Waals surface area contributed by atoms with Gasteiger partial charge in [-0.3, -0.25) is 14.7 Å². The lowest BCUT2D eigenvalue weighted by Gasteiger charge is -2.35. The number of aryl methyl sites for hydroxylation is 1. The van der Waals surface area contributed by atoms with Crippen LogP contribution in [0.25, 0.3) is 0 Å². The van der Waals surface area contributed by atoms with Crippen LogP contribution in [-0.4, -0.2) is 59.1 Å². The molecule has 5 nitrogen and oxygen atoms in total. The third-order valence-electron chi connectivity index (χ3n) is 3.33. The van der Waals surface area contributed by atoms with Crippen molar-refractivity contribution < 1.29 is 9.90 Å². The van der Waals surface area contributed by atoms with Gasteiger partial charge < -0.3 is 10.0 Å². The number of likely N-dealkylation sites (N-methyl/N-ethyl adjacent to an activating group) is 1. The Morgan fingerprint density at radius 1 is 1.33 bits per heavy atom. The Morgan fingerprint density at radius 3 is 2.56 bits per heavy atom. The van der Waals surface area contributed by atoms with Crippen LogP contribution in [0, 0.1) is 6.92 Å². The van der Waals surface area contributed by atoms with Crippen molar-refractivity contribution in [1.82, 2.24) is 14.8 Å². The van der Waals surface area contributed by atoms with E-state index in [4.69, 9.17) is 0 Å². The third kappa shape index (κ3) is 2.86. The van der Waals surface area contributed by atoms with Crippen LogP contribution in [0.3, 0.4) is 0 Å². The Balaban J connectivity index is 2.21. The van der Waals surface area contributed by atoms with Crippen molar-refractivity contribution in [3.63, 3.8) is 0 Å². The second-order valence-electron chi connectivity index (χ2n) is 4.78. The van der Waals surface area contributed by atoms with Gasteiger partial charge in [-0.25, -0.2) is 0 Å². The normalized spacial score (nSPS) is 19.7. The average Bonchev–Trinajstić information content (AvgIpc) is 2.32. The van der Waals surface area contributed by atoms with E-state index in [9.17, 15) is 9.90 Å². The van der Waals surface area contributed by atoms with E-state index in [1.165, 1.54) is 0 Å². The van der Waals surface area contributed by atoms with Crippen LogP contribution in [0.2, 0.25) is 0 Å². The lowest BCUT2D eigenvalue weighted by molar-refractivity contribution is -0.144. The maximum Gasteiger partial charge on any atom is 0.327 e. The van der Waals surface area contributed by atoms with Gasteiger partial charge in [-0.05, 0) is 26.1 Å². The Bertz CT molecular complexity index is 428. The van der Waals surface area contributed by atoms with Crippen molar-refractivity contribution in [1.29, 1.82) is 0 Å². The fourth-order valence-corrected chi connectivity index (χ4v) is 2.27. The number of piperazine rings is 1. The molecule has 0 radical (unpaired) electrons. The highest BCUT2D eigenvalue weighted by Gasteiger charge is 2.30. The van der Waals surface area contributed by atoms with Crippen LogP contribution < -0.4 is 0 Å².